The first kappa shape index (κ1) is 15.9. The Hall–Kier alpha value is -2.60. The lowest BCUT2D eigenvalue weighted by molar-refractivity contribution is 0.0793. The van der Waals surface area contributed by atoms with Crippen molar-refractivity contribution in [3.63, 3.8) is 0 Å². The number of nitrogens with one attached hydrogen (secondary N) is 1. The van der Waals surface area contributed by atoms with Crippen LogP contribution in [0.15, 0.2) is 65.7 Å². The fourth-order valence-corrected chi connectivity index (χ4v) is 5.05. The van der Waals surface area contributed by atoms with E-state index in [0.717, 1.165) is 10.9 Å². The number of H-pyrrole nitrogens is 1. The van der Waals surface area contributed by atoms with Gasteiger partial charge in [0.2, 0.25) is 0 Å². The van der Waals surface area contributed by atoms with E-state index in [-0.39, 0.29) is 12.5 Å². The molecule has 128 valence electrons. The molecular formula is C19H18N2O3S. The number of carbonyl (C=O) groups excluding carboxylic acids is 1. The van der Waals surface area contributed by atoms with Crippen LogP contribution in [0.4, 0.5) is 0 Å². The van der Waals surface area contributed by atoms with Gasteiger partial charge in [-0.3, -0.25) is 4.79 Å². The van der Waals surface area contributed by atoms with Crippen LogP contribution in [0.25, 0.3) is 10.9 Å². The Kier molecular flexibility index (Phi) is 3.84. The number of aromatic amines is 1. The highest BCUT2D eigenvalue weighted by molar-refractivity contribution is 7.92. The molecular weight excluding hydrogens is 336 g/mol. The number of hydrogen-bond acceptors (Lipinski definition) is 3. The second-order valence-electron chi connectivity index (χ2n) is 6.30. The highest BCUT2D eigenvalue weighted by Gasteiger charge is 2.36. The average molecular weight is 354 g/mol. The molecule has 2 aromatic carbocycles. The normalized spacial score (nSPS) is 17.9. The second-order valence-corrected chi connectivity index (χ2v) is 8.53. The van der Waals surface area contributed by atoms with Gasteiger partial charge < -0.3 is 9.88 Å². The fourth-order valence-electron chi connectivity index (χ4n) is 3.33. The summed E-state index contributed by atoms with van der Waals surface area (Å²) in [5.41, 5.74) is 1.48. The third kappa shape index (κ3) is 2.82. The van der Waals surface area contributed by atoms with Crippen LogP contribution in [0.1, 0.15) is 16.8 Å². The first-order valence-corrected chi connectivity index (χ1v) is 9.76. The Bertz CT molecular complexity index is 1030. The molecule has 0 spiro atoms. The van der Waals surface area contributed by atoms with Crippen LogP contribution in [0.3, 0.4) is 0 Å². The third-order valence-electron chi connectivity index (χ3n) is 4.74. The van der Waals surface area contributed by atoms with Crippen molar-refractivity contribution >= 4 is 26.6 Å². The number of carbonyl (C=O) groups is 1. The average Bonchev–Trinajstić information content (AvgIpc) is 3.31. The van der Waals surface area contributed by atoms with Gasteiger partial charge in [0.05, 0.1) is 10.1 Å². The van der Waals surface area contributed by atoms with Crippen molar-refractivity contribution in [1.82, 2.24) is 9.88 Å². The Morgan fingerprint density at radius 2 is 1.88 bits per heavy atom. The van der Waals surface area contributed by atoms with Gasteiger partial charge in [0.15, 0.2) is 9.84 Å². The summed E-state index contributed by atoms with van der Waals surface area (Å²) in [5, 5.41) is 0.496. The number of benzene rings is 2. The third-order valence-corrected chi connectivity index (χ3v) is 6.94. The van der Waals surface area contributed by atoms with Gasteiger partial charge in [-0.25, -0.2) is 8.42 Å². The molecule has 4 rings (SSSR count). The van der Waals surface area contributed by atoms with E-state index in [1.807, 2.05) is 24.4 Å². The number of aromatic nitrogens is 1. The summed E-state index contributed by atoms with van der Waals surface area (Å²) in [4.78, 5) is 17.8. The van der Waals surface area contributed by atoms with Crippen molar-refractivity contribution < 1.29 is 13.2 Å². The maximum atomic E-state index is 12.7. The molecule has 2 heterocycles. The van der Waals surface area contributed by atoms with Gasteiger partial charge in [-0.05, 0) is 42.1 Å². The van der Waals surface area contributed by atoms with Gasteiger partial charge in [-0.15, -0.1) is 0 Å². The van der Waals surface area contributed by atoms with E-state index in [0.29, 0.717) is 23.4 Å². The topological polar surface area (TPSA) is 70.2 Å². The molecule has 1 amide bonds. The quantitative estimate of drug-likeness (QED) is 0.786. The molecule has 3 aromatic rings. The SMILES string of the molecule is O=C(c1ccc2cc[nH]c2c1)N1CCC(S(=O)(=O)c2ccccc2)C1. The van der Waals surface area contributed by atoms with Gasteiger partial charge in [0.25, 0.3) is 5.91 Å². The molecule has 0 saturated carbocycles. The summed E-state index contributed by atoms with van der Waals surface area (Å²) in [6, 6.07) is 15.9. The molecule has 1 aliphatic heterocycles. The summed E-state index contributed by atoms with van der Waals surface area (Å²) in [6.45, 7) is 0.692. The van der Waals surface area contributed by atoms with Crippen molar-refractivity contribution in [2.75, 3.05) is 13.1 Å². The van der Waals surface area contributed by atoms with Gasteiger partial charge in [-0.1, -0.05) is 24.3 Å². The molecule has 1 atom stereocenters. The van der Waals surface area contributed by atoms with E-state index in [2.05, 4.69) is 4.98 Å². The first-order valence-electron chi connectivity index (χ1n) is 8.21. The lowest BCUT2D eigenvalue weighted by Crippen LogP contribution is -2.31. The van der Waals surface area contributed by atoms with E-state index in [1.54, 1.807) is 41.3 Å². The number of fused-ring (bicyclic) bond motifs is 1. The predicted octanol–water partition coefficient (Wildman–Crippen LogP) is 2.86. The van der Waals surface area contributed by atoms with Crippen molar-refractivity contribution in [2.45, 2.75) is 16.6 Å². The predicted molar refractivity (Wildman–Crippen MR) is 96.2 cm³/mol. The molecule has 1 fully saturated rings. The zero-order chi connectivity index (χ0) is 17.4. The lowest BCUT2D eigenvalue weighted by Gasteiger charge is -2.17. The molecule has 1 unspecified atom stereocenters. The van der Waals surface area contributed by atoms with Crippen LogP contribution in [-0.2, 0) is 9.84 Å². The van der Waals surface area contributed by atoms with E-state index in [1.165, 1.54) is 0 Å². The summed E-state index contributed by atoms with van der Waals surface area (Å²) in [5.74, 6) is -0.123. The maximum absolute atomic E-state index is 12.7. The largest absolute Gasteiger partial charge is 0.361 e. The number of amides is 1. The number of sulfone groups is 1. The van der Waals surface area contributed by atoms with Gasteiger partial charge in [0, 0.05) is 30.4 Å². The molecule has 5 nitrogen and oxygen atoms in total. The number of nitrogens with zero attached hydrogens (tertiary/aromatic N) is 1. The molecule has 1 N–H and O–H groups in total. The standard InChI is InChI=1S/C19H18N2O3S/c22-19(15-7-6-14-8-10-20-18(14)12-15)21-11-9-17(13-21)25(23,24)16-4-2-1-3-5-16/h1-8,10,12,17,20H,9,11,13H2. The van der Waals surface area contributed by atoms with E-state index in [9.17, 15) is 13.2 Å². The van der Waals surface area contributed by atoms with Crippen LogP contribution in [0, 0.1) is 0 Å². The summed E-state index contributed by atoms with van der Waals surface area (Å²) in [6.07, 6.45) is 2.30. The van der Waals surface area contributed by atoms with E-state index >= 15 is 0 Å². The van der Waals surface area contributed by atoms with Crippen molar-refractivity contribution in [3.8, 4) is 0 Å². The van der Waals surface area contributed by atoms with Gasteiger partial charge in [-0.2, -0.15) is 0 Å². The highest BCUT2D eigenvalue weighted by Crippen LogP contribution is 2.25. The van der Waals surface area contributed by atoms with Crippen LogP contribution in [-0.4, -0.2) is 42.5 Å². The number of likely N-dealkylation sites (tertiary alicyclic amines) is 1. The highest BCUT2D eigenvalue weighted by atomic mass is 32.2. The Labute approximate surface area is 146 Å². The molecule has 1 aliphatic rings. The fraction of sp³-hybridized carbons (Fsp3) is 0.211. The second kappa shape index (κ2) is 6.04. The minimum Gasteiger partial charge on any atom is -0.361 e. The molecule has 1 aromatic heterocycles. The summed E-state index contributed by atoms with van der Waals surface area (Å²) in [7, 11) is -3.41. The summed E-state index contributed by atoms with van der Waals surface area (Å²) >= 11 is 0. The van der Waals surface area contributed by atoms with Crippen LogP contribution in [0.2, 0.25) is 0 Å². The smallest absolute Gasteiger partial charge is 0.253 e. The Morgan fingerprint density at radius 1 is 1.08 bits per heavy atom. The molecule has 25 heavy (non-hydrogen) atoms. The van der Waals surface area contributed by atoms with Crippen molar-refractivity contribution in [2.24, 2.45) is 0 Å². The molecule has 0 radical (unpaired) electrons. The maximum Gasteiger partial charge on any atom is 0.253 e. The molecule has 0 bridgehead atoms. The molecule has 0 aliphatic carbocycles. The van der Waals surface area contributed by atoms with E-state index < -0.39 is 15.1 Å². The Balaban J connectivity index is 1.54. The monoisotopic (exact) mass is 354 g/mol. The minimum atomic E-state index is -3.41. The zero-order valence-electron chi connectivity index (χ0n) is 13.6. The number of rotatable bonds is 3. The van der Waals surface area contributed by atoms with Crippen molar-refractivity contribution in [1.29, 1.82) is 0 Å². The van der Waals surface area contributed by atoms with Gasteiger partial charge in [0.1, 0.15) is 0 Å². The van der Waals surface area contributed by atoms with Crippen molar-refractivity contribution in [3.05, 3.63) is 66.4 Å². The zero-order valence-corrected chi connectivity index (χ0v) is 14.4. The van der Waals surface area contributed by atoms with Crippen LogP contribution in [0.5, 0.6) is 0 Å². The molecule has 1 saturated heterocycles. The Morgan fingerprint density at radius 3 is 2.68 bits per heavy atom. The minimum absolute atomic E-state index is 0.123. The van der Waals surface area contributed by atoms with E-state index in [4.69, 9.17) is 0 Å². The lowest BCUT2D eigenvalue weighted by atomic mass is 10.1. The van der Waals surface area contributed by atoms with Crippen LogP contribution < -0.4 is 0 Å². The molecule has 6 heteroatoms. The van der Waals surface area contributed by atoms with Gasteiger partial charge >= 0.3 is 0 Å². The first-order chi connectivity index (χ1) is 12.1. The number of hydrogen-bond donors (Lipinski definition) is 1. The van der Waals surface area contributed by atoms with Crippen LogP contribution >= 0.6 is 0 Å². The summed E-state index contributed by atoms with van der Waals surface area (Å²) < 4.78 is 25.5.